The largest absolute Gasteiger partial charge is 0.270 e. The minimum Gasteiger partial charge on any atom is -0.270 e. The summed E-state index contributed by atoms with van der Waals surface area (Å²) in [5.41, 5.74) is 1.30. The third-order valence-corrected chi connectivity index (χ3v) is 13.7. The Kier molecular flexibility index (Phi) is 15.1. The fraction of sp³-hybridized carbons (Fsp3) is 0.704. The molecule has 30 heavy (non-hydrogen) atoms. The number of allylic oxidation sites excluding steroid dienone is 6. The summed E-state index contributed by atoms with van der Waals surface area (Å²) in [4.78, 5) is 0. The second kappa shape index (κ2) is 14.1. The summed E-state index contributed by atoms with van der Waals surface area (Å²) < 4.78 is 5.64. The van der Waals surface area contributed by atoms with Gasteiger partial charge >= 0.3 is 0 Å². The molecule has 0 N–H and O–H groups in total. The first kappa shape index (κ1) is 32.1. The van der Waals surface area contributed by atoms with Crippen LogP contribution in [-0.2, 0) is 21.7 Å². The Morgan fingerprint density at radius 3 is 1.70 bits per heavy atom. The smallest absolute Gasteiger partial charge is 0.0425 e. The van der Waals surface area contributed by atoms with Crippen LogP contribution in [0.15, 0.2) is 53.5 Å². The molecule has 0 aromatic heterocycles. The average Bonchev–Trinajstić information content (AvgIpc) is 3.19. The number of nitrogens with zero attached hydrogens (tertiary/aromatic N) is 1. The molecule has 0 unspecified atom stereocenters. The van der Waals surface area contributed by atoms with Crippen molar-refractivity contribution in [1.29, 1.82) is 0 Å². The topological polar surface area (TPSA) is 12.4 Å². The van der Waals surface area contributed by atoms with E-state index in [0.717, 1.165) is 6.42 Å². The molecule has 0 aromatic rings. The molecule has 1 aliphatic rings. The van der Waals surface area contributed by atoms with Crippen molar-refractivity contribution in [1.82, 2.24) is 0 Å². The van der Waals surface area contributed by atoms with E-state index in [1.165, 1.54) is 37.8 Å². The van der Waals surface area contributed by atoms with Crippen LogP contribution in [0.5, 0.6) is 0 Å². The summed E-state index contributed by atoms with van der Waals surface area (Å²) in [5, 5.41) is 0.778. The van der Waals surface area contributed by atoms with Crippen LogP contribution in [0.1, 0.15) is 108 Å². The van der Waals surface area contributed by atoms with E-state index in [2.05, 4.69) is 100 Å². The fourth-order valence-electron chi connectivity index (χ4n) is 4.61. The van der Waals surface area contributed by atoms with Gasteiger partial charge in [0.2, 0.25) is 0 Å². The summed E-state index contributed by atoms with van der Waals surface area (Å²) in [6.07, 6.45) is 19.5. The van der Waals surface area contributed by atoms with Crippen molar-refractivity contribution in [3.05, 3.63) is 48.7 Å². The molecule has 1 rings (SSSR count). The first-order valence-electron chi connectivity index (χ1n) is 11.7. The zero-order valence-corrected chi connectivity index (χ0v) is 24.3. The van der Waals surface area contributed by atoms with Gasteiger partial charge in [0, 0.05) is 49.3 Å². The number of hydrogen-bond donors (Lipinski definition) is 0. The first-order chi connectivity index (χ1) is 13.4. The average molecular weight is 468 g/mol. The predicted octanol–water partition coefficient (Wildman–Crippen LogP) is 10.1. The molecule has 0 aliphatic heterocycles. The quantitative estimate of drug-likeness (QED) is 0.172. The minimum absolute atomic E-state index is 0. The molecule has 0 bridgehead atoms. The van der Waals surface area contributed by atoms with Gasteiger partial charge in [-0.25, -0.2) is 0 Å². The van der Waals surface area contributed by atoms with Gasteiger partial charge in [-0.15, -0.1) is 0 Å². The Bertz CT molecular complexity index is 600. The van der Waals surface area contributed by atoms with Crippen molar-refractivity contribution in [2.24, 2.45) is 4.74 Å². The second-order valence-electron chi connectivity index (χ2n) is 9.98. The van der Waals surface area contributed by atoms with Gasteiger partial charge < -0.3 is 0 Å². The molecule has 172 valence electrons. The SMILES string of the molecule is C=CC=CCCC.CCC(C)(C)P(=NC1=CC=CC1)(C(C)(C)CC)C(C)(C)CC.[Ti]. The van der Waals surface area contributed by atoms with Gasteiger partial charge in [-0.05, 0) is 38.8 Å². The zero-order valence-electron chi connectivity index (χ0n) is 21.8. The standard InChI is InChI=1S/C20H38NP.C7H12.Ti/c1-10-18(4,5)22(19(6,7)11-2,20(8,9)12-3)21-17-15-13-14-16-17;1-3-5-7-6-4-2;/h13-15H,10-12,16H2,1-9H3;3,5,7H,1,4,6H2,2H3;. The van der Waals surface area contributed by atoms with Crippen molar-refractivity contribution < 1.29 is 21.7 Å². The van der Waals surface area contributed by atoms with Crippen LogP contribution in [-0.4, -0.2) is 15.5 Å². The molecule has 0 saturated carbocycles. The normalized spacial score (nSPS) is 14.7. The molecule has 1 nitrogen and oxygen atoms in total. The first-order valence-corrected chi connectivity index (χ1v) is 13.4. The molecule has 0 saturated heterocycles. The van der Waals surface area contributed by atoms with Crippen LogP contribution in [0.2, 0.25) is 0 Å². The second-order valence-corrected chi connectivity index (χ2v) is 15.1. The molecular formula is C27H50NPTi. The molecule has 0 atom stereocenters. The van der Waals surface area contributed by atoms with Crippen LogP contribution in [0.3, 0.4) is 0 Å². The Morgan fingerprint density at radius 1 is 0.933 bits per heavy atom. The van der Waals surface area contributed by atoms with E-state index in [4.69, 9.17) is 4.74 Å². The number of hydrogen-bond acceptors (Lipinski definition) is 1. The van der Waals surface area contributed by atoms with Gasteiger partial charge in [-0.1, -0.05) is 113 Å². The van der Waals surface area contributed by atoms with Crippen LogP contribution in [0, 0.1) is 0 Å². The number of rotatable bonds is 10. The summed E-state index contributed by atoms with van der Waals surface area (Å²) in [6, 6.07) is 0. The summed E-state index contributed by atoms with van der Waals surface area (Å²) in [7, 11) is -1.64. The van der Waals surface area contributed by atoms with E-state index < -0.39 is 7.05 Å². The van der Waals surface area contributed by atoms with Gasteiger partial charge in [-0.3, -0.25) is 4.74 Å². The predicted molar refractivity (Wildman–Crippen MR) is 139 cm³/mol. The molecule has 3 heteroatoms. The van der Waals surface area contributed by atoms with Crippen LogP contribution in [0.25, 0.3) is 0 Å². The minimum atomic E-state index is -1.64. The van der Waals surface area contributed by atoms with Crippen molar-refractivity contribution in [3.63, 3.8) is 0 Å². The van der Waals surface area contributed by atoms with Crippen molar-refractivity contribution in [2.75, 3.05) is 0 Å². The van der Waals surface area contributed by atoms with Crippen LogP contribution >= 0.6 is 7.05 Å². The van der Waals surface area contributed by atoms with E-state index in [9.17, 15) is 0 Å². The van der Waals surface area contributed by atoms with Gasteiger partial charge in [0.25, 0.3) is 0 Å². The Labute approximate surface area is 204 Å². The molecule has 0 radical (unpaired) electrons. The van der Waals surface area contributed by atoms with Gasteiger partial charge in [0.15, 0.2) is 0 Å². The Hall–Kier alpha value is -0.0957. The summed E-state index contributed by atoms with van der Waals surface area (Å²) >= 11 is 0. The molecular weight excluding hydrogens is 417 g/mol. The van der Waals surface area contributed by atoms with Crippen LogP contribution < -0.4 is 0 Å². The summed E-state index contributed by atoms with van der Waals surface area (Å²) in [5.74, 6) is 0. The number of unbranched alkanes of at least 4 members (excludes halogenated alkanes) is 1. The van der Waals surface area contributed by atoms with Crippen molar-refractivity contribution in [3.8, 4) is 0 Å². The van der Waals surface area contributed by atoms with Gasteiger partial charge in [-0.2, -0.15) is 0 Å². The summed E-state index contributed by atoms with van der Waals surface area (Å²) in [6.45, 7) is 27.6. The molecule has 0 fully saturated rings. The van der Waals surface area contributed by atoms with Crippen molar-refractivity contribution in [2.45, 2.75) is 123 Å². The monoisotopic (exact) mass is 467 g/mol. The molecule has 0 heterocycles. The van der Waals surface area contributed by atoms with Gasteiger partial charge in [0.05, 0.1) is 0 Å². The van der Waals surface area contributed by atoms with E-state index in [1.807, 2.05) is 6.08 Å². The van der Waals surface area contributed by atoms with E-state index in [1.54, 1.807) is 6.08 Å². The van der Waals surface area contributed by atoms with Gasteiger partial charge in [0.1, 0.15) is 0 Å². The maximum Gasteiger partial charge on any atom is 0.0425 e. The third-order valence-electron chi connectivity index (χ3n) is 6.98. The molecule has 0 aromatic carbocycles. The molecule has 0 amide bonds. The van der Waals surface area contributed by atoms with Crippen LogP contribution in [0.4, 0.5) is 0 Å². The molecule has 1 aliphatic carbocycles. The maximum absolute atomic E-state index is 5.64. The fourth-order valence-corrected chi connectivity index (χ4v) is 12.2. The van der Waals surface area contributed by atoms with Crippen molar-refractivity contribution >= 4 is 7.05 Å². The Morgan fingerprint density at radius 2 is 1.40 bits per heavy atom. The Balaban J connectivity index is 0. The third kappa shape index (κ3) is 7.50. The van der Waals surface area contributed by atoms with E-state index in [-0.39, 0.29) is 37.2 Å². The van der Waals surface area contributed by atoms with E-state index >= 15 is 0 Å². The zero-order chi connectivity index (χ0) is 22.8. The maximum atomic E-state index is 5.64. The molecule has 0 spiro atoms. The van der Waals surface area contributed by atoms with E-state index in [0.29, 0.717) is 0 Å².